The second-order valence-corrected chi connectivity index (χ2v) is 1.31. The van der Waals surface area contributed by atoms with Crippen LogP contribution < -0.4 is 5.73 Å². The largest absolute Gasteiger partial charge is 0.393 e. The van der Waals surface area contributed by atoms with Crippen LogP contribution in [0.1, 0.15) is 0 Å². The summed E-state index contributed by atoms with van der Waals surface area (Å²) in [6, 6.07) is 0. The number of aliphatic hydroxyl groups excluding tert-OH is 1. The molecule has 0 aliphatic heterocycles. The van der Waals surface area contributed by atoms with Crippen molar-refractivity contribution in [2.45, 2.75) is 6.10 Å². The first-order valence-electron chi connectivity index (χ1n) is 2.15. The van der Waals surface area contributed by atoms with Crippen molar-refractivity contribution in [2.24, 2.45) is 5.73 Å². The maximum Gasteiger partial charge on any atom is 0.248 e. The molecular weight excluding hydrogens is 110 g/mol. The zero-order valence-corrected chi connectivity index (χ0v) is 4.63. The lowest BCUT2D eigenvalue weighted by atomic mass is 10.4. The van der Waals surface area contributed by atoms with Gasteiger partial charge in [0.1, 0.15) is 0 Å². The molecule has 0 aromatic heterocycles. The maximum atomic E-state index is 10.1. The van der Waals surface area contributed by atoms with E-state index in [0.29, 0.717) is 0 Å². The first kappa shape index (κ1) is 7.39. The molecule has 0 rings (SSSR count). The van der Waals surface area contributed by atoms with E-state index in [1.165, 1.54) is 7.11 Å². The van der Waals surface area contributed by atoms with E-state index in [4.69, 9.17) is 10.8 Å². The van der Waals surface area contributed by atoms with Gasteiger partial charge in [0.05, 0.1) is 6.61 Å². The molecule has 0 saturated carbocycles. The van der Waals surface area contributed by atoms with Crippen molar-refractivity contribution in [1.29, 1.82) is 0 Å². The van der Waals surface area contributed by atoms with E-state index >= 15 is 0 Å². The Hall–Kier alpha value is -0.610. The molecule has 48 valence electrons. The number of carbonyl (C=O) groups excluding carboxylic acids is 1. The Kier molecular flexibility index (Phi) is 3.14. The van der Waals surface area contributed by atoms with Gasteiger partial charge in [-0.25, -0.2) is 0 Å². The van der Waals surface area contributed by atoms with Gasteiger partial charge in [-0.05, 0) is 0 Å². The molecule has 1 amide bonds. The van der Waals surface area contributed by atoms with Gasteiger partial charge in [0, 0.05) is 7.11 Å². The standard InChI is InChI=1S/C4H9NO3/c1-8-3(2-6)4(5)7/h3,6H,2H2,1H3,(H2,5,7). The number of aliphatic hydroxyl groups is 1. The zero-order valence-electron chi connectivity index (χ0n) is 4.63. The lowest BCUT2D eigenvalue weighted by molar-refractivity contribution is -0.129. The van der Waals surface area contributed by atoms with Crippen molar-refractivity contribution >= 4 is 5.91 Å². The second kappa shape index (κ2) is 3.40. The van der Waals surface area contributed by atoms with Gasteiger partial charge in [-0.2, -0.15) is 0 Å². The molecule has 3 N–H and O–H groups in total. The molecule has 0 radical (unpaired) electrons. The highest BCUT2D eigenvalue weighted by Crippen LogP contribution is 1.83. The molecule has 1 unspecified atom stereocenters. The number of amides is 1. The average Bonchev–Trinajstić information content (AvgIpc) is 1.69. The van der Waals surface area contributed by atoms with Crippen molar-refractivity contribution in [2.75, 3.05) is 13.7 Å². The summed E-state index contributed by atoms with van der Waals surface area (Å²) >= 11 is 0. The van der Waals surface area contributed by atoms with Crippen LogP contribution in [0.5, 0.6) is 0 Å². The van der Waals surface area contributed by atoms with Gasteiger partial charge in [-0.3, -0.25) is 4.79 Å². The van der Waals surface area contributed by atoms with Crippen LogP contribution in [0, 0.1) is 0 Å². The van der Waals surface area contributed by atoms with Crippen LogP contribution >= 0.6 is 0 Å². The van der Waals surface area contributed by atoms with E-state index < -0.39 is 12.0 Å². The number of rotatable bonds is 3. The minimum Gasteiger partial charge on any atom is -0.393 e. The van der Waals surface area contributed by atoms with Crippen LogP contribution in [0.3, 0.4) is 0 Å². The van der Waals surface area contributed by atoms with Gasteiger partial charge in [0.2, 0.25) is 5.91 Å². The number of carbonyl (C=O) groups is 1. The summed E-state index contributed by atoms with van der Waals surface area (Å²) in [5.41, 5.74) is 4.73. The quantitative estimate of drug-likeness (QED) is 0.474. The first-order chi connectivity index (χ1) is 3.72. The van der Waals surface area contributed by atoms with E-state index in [9.17, 15) is 4.79 Å². The highest BCUT2D eigenvalue weighted by atomic mass is 16.5. The SMILES string of the molecule is COC(CO)C(N)=O. The highest BCUT2D eigenvalue weighted by Gasteiger charge is 2.10. The Labute approximate surface area is 47.2 Å². The third-order valence-corrected chi connectivity index (χ3v) is 0.768. The molecule has 0 aromatic rings. The average molecular weight is 119 g/mol. The molecule has 0 aromatic carbocycles. The minimum absolute atomic E-state index is 0.355. The van der Waals surface area contributed by atoms with Crippen LogP contribution in [-0.2, 0) is 9.53 Å². The molecule has 0 aliphatic rings. The fraction of sp³-hybridized carbons (Fsp3) is 0.750. The predicted octanol–water partition coefficient (Wildman–Crippen LogP) is -1.52. The number of hydrogen-bond donors (Lipinski definition) is 2. The number of primary amides is 1. The molecule has 0 bridgehead atoms. The molecule has 4 heteroatoms. The zero-order chi connectivity index (χ0) is 6.57. The fourth-order valence-corrected chi connectivity index (χ4v) is 0.281. The summed E-state index contributed by atoms with van der Waals surface area (Å²) in [5, 5.41) is 8.27. The lowest BCUT2D eigenvalue weighted by Crippen LogP contribution is -2.33. The molecule has 0 heterocycles. The molecular formula is C4H9NO3. The highest BCUT2D eigenvalue weighted by molar-refractivity contribution is 5.78. The van der Waals surface area contributed by atoms with Crippen LogP contribution in [0.2, 0.25) is 0 Å². The van der Waals surface area contributed by atoms with Gasteiger partial charge >= 0.3 is 0 Å². The number of ether oxygens (including phenoxy) is 1. The predicted molar refractivity (Wildman–Crippen MR) is 27.1 cm³/mol. The molecule has 0 spiro atoms. The number of nitrogens with two attached hydrogens (primary N) is 1. The number of methoxy groups -OCH3 is 1. The van der Waals surface area contributed by atoms with Crippen molar-refractivity contribution in [3.8, 4) is 0 Å². The maximum absolute atomic E-state index is 10.1. The normalized spacial score (nSPS) is 13.2. The Morgan fingerprint density at radius 3 is 2.50 bits per heavy atom. The van der Waals surface area contributed by atoms with E-state index in [1.807, 2.05) is 0 Å². The third kappa shape index (κ3) is 1.90. The van der Waals surface area contributed by atoms with Crippen molar-refractivity contribution < 1.29 is 14.6 Å². The van der Waals surface area contributed by atoms with Gasteiger partial charge in [-0.1, -0.05) is 0 Å². The van der Waals surface area contributed by atoms with Gasteiger partial charge in [0.15, 0.2) is 6.10 Å². The monoisotopic (exact) mass is 119 g/mol. The Morgan fingerprint density at radius 2 is 2.50 bits per heavy atom. The Balaban J connectivity index is 3.52. The summed E-state index contributed by atoms with van der Waals surface area (Å²) in [5.74, 6) is -0.644. The van der Waals surface area contributed by atoms with Crippen molar-refractivity contribution in [3.05, 3.63) is 0 Å². The van der Waals surface area contributed by atoms with E-state index in [0.717, 1.165) is 0 Å². The second-order valence-electron chi connectivity index (χ2n) is 1.31. The summed E-state index contributed by atoms with van der Waals surface area (Å²) in [6.45, 7) is -0.355. The summed E-state index contributed by atoms with van der Waals surface area (Å²) in [4.78, 5) is 10.1. The third-order valence-electron chi connectivity index (χ3n) is 0.768. The van der Waals surface area contributed by atoms with E-state index in [-0.39, 0.29) is 6.61 Å². The molecule has 0 saturated heterocycles. The molecule has 8 heavy (non-hydrogen) atoms. The van der Waals surface area contributed by atoms with Crippen LogP contribution in [0.15, 0.2) is 0 Å². The molecule has 0 aliphatic carbocycles. The fourth-order valence-electron chi connectivity index (χ4n) is 0.281. The Bertz CT molecular complexity index is 79.4. The Morgan fingerprint density at radius 1 is 2.00 bits per heavy atom. The van der Waals surface area contributed by atoms with Crippen molar-refractivity contribution in [1.82, 2.24) is 0 Å². The number of hydrogen-bond acceptors (Lipinski definition) is 3. The van der Waals surface area contributed by atoms with Crippen LogP contribution in [0.25, 0.3) is 0 Å². The molecule has 4 nitrogen and oxygen atoms in total. The van der Waals surface area contributed by atoms with Gasteiger partial charge < -0.3 is 15.6 Å². The molecule has 0 fully saturated rings. The smallest absolute Gasteiger partial charge is 0.248 e. The summed E-state index contributed by atoms with van der Waals surface area (Å²) in [6.07, 6.45) is -0.852. The topological polar surface area (TPSA) is 72.6 Å². The van der Waals surface area contributed by atoms with E-state index in [1.54, 1.807) is 0 Å². The minimum atomic E-state index is -0.852. The van der Waals surface area contributed by atoms with Crippen LogP contribution in [0.4, 0.5) is 0 Å². The van der Waals surface area contributed by atoms with Gasteiger partial charge in [0.25, 0.3) is 0 Å². The summed E-state index contributed by atoms with van der Waals surface area (Å²) in [7, 11) is 1.31. The molecule has 1 atom stereocenters. The summed E-state index contributed by atoms with van der Waals surface area (Å²) < 4.78 is 4.44. The lowest BCUT2D eigenvalue weighted by Gasteiger charge is -2.04. The van der Waals surface area contributed by atoms with Gasteiger partial charge in [-0.15, -0.1) is 0 Å². The van der Waals surface area contributed by atoms with Crippen molar-refractivity contribution in [3.63, 3.8) is 0 Å². The van der Waals surface area contributed by atoms with Crippen LogP contribution in [-0.4, -0.2) is 30.8 Å². The first-order valence-corrected chi connectivity index (χ1v) is 2.15. The van der Waals surface area contributed by atoms with E-state index in [2.05, 4.69) is 4.74 Å².